The van der Waals surface area contributed by atoms with E-state index in [9.17, 15) is 9.59 Å². The number of nitrogens with zero attached hydrogens (tertiary/aromatic N) is 4. The number of anilines is 4. The van der Waals surface area contributed by atoms with E-state index in [1.807, 2.05) is 66.3 Å². The Morgan fingerprint density at radius 3 is 1.79 bits per heavy atom. The number of aromatic amines is 1. The molecular formula is C34H35Cl4N7O2. The van der Waals surface area contributed by atoms with Crippen LogP contribution < -0.4 is 20.4 Å². The van der Waals surface area contributed by atoms with Gasteiger partial charge in [-0.2, -0.15) is 0 Å². The fraction of sp³-hybridized carbons (Fsp3) is 0.265. The van der Waals surface area contributed by atoms with Gasteiger partial charge in [0.2, 0.25) is 0 Å². The third kappa shape index (κ3) is 8.53. The molecule has 5 rings (SSSR count). The first-order chi connectivity index (χ1) is 22.8. The van der Waals surface area contributed by atoms with Crippen LogP contribution in [0.2, 0.25) is 0 Å². The number of benzene rings is 3. The van der Waals surface area contributed by atoms with Gasteiger partial charge in [-0.05, 0) is 72.8 Å². The molecule has 13 heteroatoms. The maximum atomic E-state index is 13.1. The molecule has 0 saturated heterocycles. The molecule has 2 aromatic heterocycles. The summed E-state index contributed by atoms with van der Waals surface area (Å²) in [6.45, 7) is 2.71. The quantitative estimate of drug-likeness (QED) is 0.0969. The normalized spacial score (nSPS) is 11.1. The molecule has 0 radical (unpaired) electrons. The van der Waals surface area contributed by atoms with Crippen LogP contribution in [0.15, 0.2) is 79.0 Å². The van der Waals surface area contributed by atoms with E-state index in [0.29, 0.717) is 83.5 Å². The van der Waals surface area contributed by atoms with E-state index < -0.39 is 0 Å². The van der Waals surface area contributed by atoms with Crippen molar-refractivity contribution in [3.8, 4) is 11.5 Å². The van der Waals surface area contributed by atoms with Gasteiger partial charge in [-0.15, -0.1) is 46.4 Å². The van der Waals surface area contributed by atoms with Crippen LogP contribution in [0.5, 0.6) is 0 Å². The Kier molecular flexibility index (Phi) is 11.9. The molecule has 0 spiro atoms. The summed E-state index contributed by atoms with van der Waals surface area (Å²) in [4.78, 5) is 38.4. The highest BCUT2D eigenvalue weighted by Crippen LogP contribution is 2.26. The Morgan fingerprint density at radius 2 is 1.21 bits per heavy atom. The lowest BCUT2D eigenvalue weighted by atomic mass is 10.1. The molecule has 2 amide bonds. The number of rotatable bonds is 15. The van der Waals surface area contributed by atoms with Crippen LogP contribution in [-0.4, -0.2) is 76.0 Å². The number of hydrogen-bond donors (Lipinski definition) is 3. The van der Waals surface area contributed by atoms with Gasteiger partial charge in [-0.25, -0.2) is 4.98 Å². The van der Waals surface area contributed by atoms with E-state index in [1.54, 1.807) is 24.3 Å². The Labute approximate surface area is 293 Å². The third-order valence-corrected chi connectivity index (χ3v) is 8.33. The predicted octanol–water partition coefficient (Wildman–Crippen LogP) is 7.64. The summed E-state index contributed by atoms with van der Waals surface area (Å²) in [5, 5.41) is 5.92. The molecule has 0 saturated carbocycles. The summed E-state index contributed by atoms with van der Waals surface area (Å²) in [5.74, 6) is 2.09. The molecule has 0 unspecified atom stereocenters. The fourth-order valence-electron chi connectivity index (χ4n) is 5.27. The van der Waals surface area contributed by atoms with E-state index in [0.717, 1.165) is 22.6 Å². The van der Waals surface area contributed by atoms with Gasteiger partial charge in [0.05, 0.1) is 22.4 Å². The van der Waals surface area contributed by atoms with Crippen molar-refractivity contribution in [2.45, 2.75) is 0 Å². The maximum absolute atomic E-state index is 13.1. The number of carbonyl (C=O) groups excluding carboxylic acids is 2. The highest BCUT2D eigenvalue weighted by atomic mass is 35.5. The van der Waals surface area contributed by atoms with Crippen molar-refractivity contribution in [3.05, 3.63) is 90.1 Å². The highest BCUT2D eigenvalue weighted by Gasteiger charge is 2.16. The second-order valence-electron chi connectivity index (χ2n) is 10.8. The van der Waals surface area contributed by atoms with Crippen molar-refractivity contribution in [2.75, 3.05) is 70.1 Å². The lowest BCUT2D eigenvalue weighted by molar-refractivity contribution is 0.101. The molecule has 47 heavy (non-hydrogen) atoms. The number of amides is 2. The number of aryl methyl sites for hydroxylation is 1. The van der Waals surface area contributed by atoms with E-state index in [-0.39, 0.29) is 11.8 Å². The molecule has 9 nitrogen and oxygen atoms in total. The van der Waals surface area contributed by atoms with Crippen LogP contribution in [0.25, 0.3) is 22.6 Å². The zero-order valence-electron chi connectivity index (χ0n) is 25.8. The van der Waals surface area contributed by atoms with Crippen molar-refractivity contribution in [3.63, 3.8) is 0 Å². The summed E-state index contributed by atoms with van der Waals surface area (Å²) in [6, 6.07) is 22.1. The largest absolute Gasteiger partial charge is 0.369 e. The number of nitrogens with one attached hydrogen (secondary N) is 3. The maximum Gasteiger partial charge on any atom is 0.255 e. The number of H-pyrrole nitrogens is 1. The van der Waals surface area contributed by atoms with Crippen LogP contribution in [0.4, 0.5) is 22.7 Å². The van der Waals surface area contributed by atoms with E-state index in [2.05, 4.69) is 25.4 Å². The minimum Gasteiger partial charge on any atom is -0.369 e. The Hall–Kier alpha value is -3.89. The van der Waals surface area contributed by atoms with Crippen molar-refractivity contribution in [1.29, 1.82) is 0 Å². The summed E-state index contributed by atoms with van der Waals surface area (Å²) >= 11 is 23.7. The zero-order chi connectivity index (χ0) is 33.3. The molecule has 3 aromatic carbocycles. The third-order valence-electron chi connectivity index (χ3n) is 7.65. The van der Waals surface area contributed by atoms with Crippen molar-refractivity contribution in [2.24, 2.45) is 7.05 Å². The van der Waals surface area contributed by atoms with E-state index in [4.69, 9.17) is 51.4 Å². The first kappa shape index (κ1) is 34.4. The molecule has 0 bridgehead atoms. The molecule has 0 aliphatic rings. The Bertz CT molecular complexity index is 1790. The van der Waals surface area contributed by atoms with Gasteiger partial charge < -0.3 is 30.0 Å². The second kappa shape index (κ2) is 16.3. The number of imidazole rings is 1. The van der Waals surface area contributed by atoms with Crippen LogP contribution >= 0.6 is 46.4 Å². The molecule has 0 atom stereocenters. The summed E-state index contributed by atoms with van der Waals surface area (Å²) in [6.07, 6.45) is 1.83. The summed E-state index contributed by atoms with van der Waals surface area (Å²) < 4.78 is 1.88. The first-order valence-electron chi connectivity index (χ1n) is 15.1. The first-order valence-corrected chi connectivity index (χ1v) is 17.2. The SMILES string of the molecule is Cn1cc(NC(=O)c2ccc(N(CCCl)CCCl)cc2)cc1-c1nc2cc(C(=O)Nc3ccc(N(CCCl)CCCl)cc3)ccc2[nH]1. The minimum absolute atomic E-state index is 0.229. The molecule has 2 heterocycles. The predicted molar refractivity (Wildman–Crippen MR) is 197 cm³/mol. The van der Waals surface area contributed by atoms with Crippen molar-refractivity contribution >= 4 is 92.0 Å². The van der Waals surface area contributed by atoms with Gasteiger partial charge >= 0.3 is 0 Å². The number of aromatic nitrogens is 3. The van der Waals surface area contributed by atoms with Gasteiger partial charge in [-0.3, -0.25) is 9.59 Å². The smallest absolute Gasteiger partial charge is 0.255 e. The monoisotopic (exact) mass is 713 g/mol. The standard InChI is InChI=1S/C34H35Cl4N7O2/c1-43-22-26(40-33(46)23-2-7-27(8-3-23)44(16-12-35)17-13-36)21-31(43)32-41-29-11-4-24(20-30(29)42-32)34(47)39-25-5-9-28(10-6-25)45(18-14-37)19-15-38/h2-11,20-22H,12-19H2,1H3,(H,39,47)(H,40,46)(H,41,42). The summed E-state index contributed by atoms with van der Waals surface area (Å²) in [7, 11) is 1.88. The summed E-state index contributed by atoms with van der Waals surface area (Å²) in [5.41, 5.74) is 6.45. The van der Waals surface area contributed by atoms with E-state index in [1.165, 1.54) is 0 Å². The van der Waals surface area contributed by atoms with Gasteiger partial charge in [0.15, 0.2) is 5.82 Å². The van der Waals surface area contributed by atoms with Crippen molar-refractivity contribution < 1.29 is 9.59 Å². The Morgan fingerprint density at radius 1 is 0.702 bits per heavy atom. The fourth-order valence-corrected chi connectivity index (χ4v) is 6.09. The highest BCUT2D eigenvalue weighted by molar-refractivity contribution is 6.19. The number of carbonyl (C=O) groups is 2. The van der Waals surface area contributed by atoms with Crippen LogP contribution in [0, 0.1) is 0 Å². The molecular weight excluding hydrogens is 680 g/mol. The molecule has 0 fully saturated rings. The lowest BCUT2D eigenvalue weighted by Crippen LogP contribution is -2.27. The number of hydrogen-bond acceptors (Lipinski definition) is 5. The molecule has 3 N–H and O–H groups in total. The van der Waals surface area contributed by atoms with Crippen LogP contribution in [0.1, 0.15) is 20.7 Å². The van der Waals surface area contributed by atoms with Gasteiger partial charge in [0.1, 0.15) is 0 Å². The number of alkyl halides is 4. The zero-order valence-corrected chi connectivity index (χ0v) is 28.8. The average molecular weight is 716 g/mol. The Balaban J connectivity index is 1.25. The average Bonchev–Trinajstić information content (AvgIpc) is 3.67. The van der Waals surface area contributed by atoms with Crippen LogP contribution in [0.3, 0.4) is 0 Å². The molecule has 246 valence electrons. The van der Waals surface area contributed by atoms with Crippen LogP contribution in [-0.2, 0) is 7.05 Å². The van der Waals surface area contributed by atoms with E-state index >= 15 is 0 Å². The molecule has 0 aliphatic carbocycles. The lowest BCUT2D eigenvalue weighted by Gasteiger charge is -2.23. The van der Waals surface area contributed by atoms with Gasteiger partial charge in [0, 0.05) is 91.1 Å². The van der Waals surface area contributed by atoms with Gasteiger partial charge in [0.25, 0.3) is 11.8 Å². The minimum atomic E-state index is -0.245. The van der Waals surface area contributed by atoms with Gasteiger partial charge in [-0.1, -0.05) is 0 Å². The van der Waals surface area contributed by atoms with Crippen molar-refractivity contribution in [1.82, 2.24) is 14.5 Å². The number of halogens is 4. The molecule has 0 aliphatic heterocycles. The number of fused-ring (bicyclic) bond motifs is 1. The topological polar surface area (TPSA) is 98.3 Å². The molecule has 5 aromatic rings. The second-order valence-corrected chi connectivity index (χ2v) is 12.3.